The van der Waals surface area contributed by atoms with Crippen molar-refractivity contribution >= 4 is 5.91 Å². The minimum absolute atomic E-state index is 0.0652. The van der Waals surface area contributed by atoms with E-state index >= 15 is 0 Å². The van der Waals surface area contributed by atoms with Crippen molar-refractivity contribution in [3.05, 3.63) is 0 Å². The summed E-state index contributed by atoms with van der Waals surface area (Å²) in [6.07, 6.45) is -1.04. The molecule has 1 amide bonds. The molecule has 6 unspecified atom stereocenters. The van der Waals surface area contributed by atoms with Crippen molar-refractivity contribution in [2.45, 2.75) is 74.9 Å². The number of hydrogen-bond donors (Lipinski definition) is 6. The molecule has 0 aromatic rings. The highest BCUT2D eigenvalue weighted by atomic mass is 16.7. The van der Waals surface area contributed by atoms with E-state index < -0.39 is 36.6 Å². The Bertz CT molecular complexity index is 413. The number of hydrogen-bond acceptors (Lipinski definition) is 8. The van der Waals surface area contributed by atoms with E-state index in [2.05, 4.69) is 5.32 Å². The fourth-order valence-corrected chi connectivity index (χ4v) is 3.20. The summed E-state index contributed by atoms with van der Waals surface area (Å²) in [7, 11) is 0. The lowest BCUT2D eigenvalue weighted by Crippen LogP contribution is -2.57. The third kappa shape index (κ3) is 5.09. The summed E-state index contributed by atoms with van der Waals surface area (Å²) in [6.45, 7) is 0.151. The van der Waals surface area contributed by atoms with E-state index in [4.69, 9.17) is 26.0 Å². The van der Waals surface area contributed by atoms with Crippen LogP contribution in [0.5, 0.6) is 0 Å². The van der Waals surface area contributed by atoms with Crippen LogP contribution >= 0.6 is 0 Å². The Balaban J connectivity index is 1.88. The molecule has 1 aliphatic heterocycles. The van der Waals surface area contributed by atoms with Gasteiger partial charge in [-0.15, -0.1) is 0 Å². The van der Waals surface area contributed by atoms with Crippen molar-refractivity contribution in [2.24, 2.45) is 11.5 Å². The standard InChI is InChI=1S/C15H29N3O6/c16-4-3-11(20)15(22)18-8-5-10(17)14(21)12(6-8)24-13-2-1-9(7-19)23-13/h8-14,19-21H,1-7,16-17H2,(H,18,22)/t8?,9?,10?,11?,12?,13?,14-/m1/s1. The smallest absolute Gasteiger partial charge is 0.249 e. The molecule has 140 valence electrons. The van der Waals surface area contributed by atoms with Gasteiger partial charge in [-0.25, -0.2) is 0 Å². The van der Waals surface area contributed by atoms with Gasteiger partial charge in [-0.1, -0.05) is 0 Å². The molecule has 1 aliphatic carbocycles. The van der Waals surface area contributed by atoms with E-state index in [9.17, 15) is 15.0 Å². The lowest BCUT2D eigenvalue weighted by Gasteiger charge is -2.38. The number of aliphatic hydroxyl groups excluding tert-OH is 3. The molecule has 2 rings (SSSR count). The number of aliphatic hydroxyl groups is 3. The molecular weight excluding hydrogens is 318 g/mol. The van der Waals surface area contributed by atoms with Gasteiger partial charge in [0.1, 0.15) is 6.10 Å². The molecule has 7 atom stereocenters. The van der Waals surface area contributed by atoms with Crippen LogP contribution in [0.3, 0.4) is 0 Å². The first-order chi connectivity index (χ1) is 11.4. The van der Waals surface area contributed by atoms with Crippen LogP contribution in [0.25, 0.3) is 0 Å². The highest BCUT2D eigenvalue weighted by molar-refractivity contribution is 5.80. The third-order valence-electron chi connectivity index (χ3n) is 4.58. The Morgan fingerprint density at radius 3 is 2.75 bits per heavy atom. The second-order valence-corrected chi connectivity index (χ2v) is 6.55. The molecule has 2 aliphatic rings. The van der Waals surface area contributed by atoms with E-state index in [1.165, 1.54) is 0 Å². The van der Waals surface area contributed by atoms with Crippen molar-refractivity contribution in [3.63, 3.8) is 0 Å². The largest absolute Gasteiger partial charge is 0.394 e. The van der Waals surface area contributed by atoms with Crippen molar-refractivity contribution < 1.29 is 29.6 Å². The molecule has 9 heteroatoms. The zero-order valence-electron chi connectivity index (χ0n) is 13.7. The lowest BCUT2D eigenvalue weighted by molar-refractivity contribution is -0.199. The summed E-state index contributed by atoms with van der Waals surface area (Å²) in [4.78, 5) is 11.9. The highest BCUT2D eigenvalue weighted by Gasteiger charge is 2.39. The van der Waals surface area contributed by atoms with Crippen LogP contribution < -0.4 is 16.8 Å². The maximum atomic E-state index is 11.9. The number of nitrogens with one attached hydrogen (secondary N) is 1. The number of carbonyl (C=O) groups excluding carboxylic acids is 1. The van der Waals surface area contributed by atoms with Gasteiger partial charge in [0.2, 0.25) is 5.91 Å². The molecule has 0 spiro atoms. The molecule has 1 saturated heterocycles. The SMILES string of the molecule is NCCC(O)C(=O)NC1CC(N)[C@@H](O)C(OC2CCC(CO)O2)C1. The van der Waals surface area contributed by atoms with Crippen LogP contribution in [0.2, 0.25) is 0 Å². The Hall–Kier alpha value is -0.810. The number of rotatable bonds is 7. The Labute approximate surface area is 141 Å². The van der Waals surface area contributed by atoms with Crippen LogP contribution in [0.4, 0.5) is 0 Å². The van der Waals surface area contributed by atoms with Gasteiger partial charge in [-0.2, -0.15) is 0 Å². The van der Waals surface area contributed by atoms with E-state index in [1.54, 1.807) is 0 Å². The number of carbonyl (C=O) groups is 1. The number of amides is 1. The molecule has 0 bridgehead atoms. The van der Waals surface area contributed by atoms with Crippen LogP contribution in [-0.2, 0) is 14.3 Å². The first-order valence-electron chi connectivity index (χ1n) is 8.48. The van der Waals surface area contributed by atoms with Gasteiger partial charge >= 0.3 is 0 Å². The molecule has 24 heavy (non-hydrogen) atoms. The van der Waals surface area contributed by atoms with Gasteiger partial charge in [-0.3, -0.25) is 4.79 Å². The Morgan fingerprint density at radius 2 is 2.12 bits per heavy atom. The quantitative estimate of drug-likeness (QED) is 0.296. The van der Waals surface area contributed by atoms with E-state index in [-0.39, 0.29) is 31.7 Å². The van der Waals surface area contributed by atoms with E-state index in [1.807, 2.05) is 0 Å². The topological polar surface area (TPSA) is 160 Å². The molecule has 1 saturated carbocycles. The van der Waals surface area contributed by atoms with Gasteiger partial charge in [0.25, 0.3) is 0 Å². The van der Waals surface area contributed by atoms with E-state index in [0.717, 1.165) is 0 Å². The van der Waals surface area contributed by atoms with Gasteiger partial charge < -0.3 is 41.6 Å². The van der Waals surface area contributed by atoms with Gasteiger partial charge in [0.05, 0.1) is 24.9 Å². The molecular formula is C15H29N3O6. The van der Waals surface area contributed by atoms with E-state index in [0.29, 0.717) is 25.7 Å². The molecule has 0 aromatic carbocycles. The Kier molecular flexibility index (Phi) is 7.35. The summed E-state index contributed by atoms with van der Waals surface area (Å²) in [5, 5.41) is 31.7. The zero-order chi connectivity index (χ0) is 17.7. The first-order valence-corrected chi connectivity index (χ1v) is 8.48. The number of ether oxygens (including phenoxy) is 2. The van der Waals surface area contributed by atoms with Crippen LogP contribution in [0, 0.1) is 0 Å². The minimum atomic E-state index is -1.15. The molecule has 1 heterocycles. The normalized spacial score (nSPS) is 38.0. The highest BCUT2D eigenvalue weighted by Crippen LogP contribution is 2.27. The second kappa shape index (κ2) is 9.04. The molecule has 9 nitrogen and oxygen atoms in total. The van der Waals surface area contributed by atoms with Crippen LogP contribution in [0.15, 0.2) is 0 Å². The molecule has 0 radical (unpaired) electrons. The molecule has 2 fully saturated rings. The van der Waals surface area contributed by atoms with Crippen LogP contribution in [0.1, 0.15) is 32.1 Å². The van der Waals surface area contributed by atoms with Crippen molar-refractivity contribution in [2.75, 3.05) is 13.2 Å². The maximum absolute atomic E-state index is 11.9. The zero-order valence-corrected chi connectivity index (χ0v) is 13.7. The van der Waals surface area contributed by atoms with Gasteiger partial charge in [0, 0.05) is 18.5 Å². The summed E-state index contributed by atoms with van der Waals surface area (Å²) in [6, 6.07) is -0.848. The van der Waals surface area contributed by atoms with Crippen LogP contribution in [-0.4, -0.2) is 77.2 Å². The second-order valence-electron chi connectivity index (χ2n) is 6.55. The predicted octanol–water partition coefficient (Wildman–Crippen LogP) is -2.45. The molecule has 8 N–H and O–H groups in total. The minimum Gasteiger partial charge on any atom is -0.394 e. The lowest BCUT2D eigenvalue weighted by atomic mass is 9.86. The fourth-order valence-electron chi connectivity index (χ4n) is 3.20. The third-order valence-corrected chi connectivity index (χ3v) is 4.58. The predicted molar refractivity (Wildman–Crippen MR) is 84.7 cm³/mol. The summed E-state index contributed by atoms with van der Waals surface area (Å²) in [5.74, 6) is -0.495. The summed E-state index contributed by atoms with van der Waals surface area (Å²) in [5.41, 5.74) is 11.3. The Morgan fingerprint density at radius 1 is 1.38 bits per heavy atom. The van der Waals surface area contributed by atoms with Crippen molar-refractivity contribution in [3.8, 4) is 0 Å². The number of nitrogens with two attached hydrogens (primary N) is 2. The van der Waals surface area contributed by atoms with Gasteiger partial charge in [-0.05, 0) is 32.2 Å². The average molecular weight is 347 g/mol. The maximum Gasteiger partial charge on any atom is 0.249 e. The average Bonchev–Trinajstić information content (AvgIpc) is 3.00. The molecule has 0 aromatic heterocycles. The fraction of sp³-hybridized carbons (Fsp3) is 0.933. The monoisotopic (exact) mass is 347 g/mol. The first kappa shape index (κ1) is 19.5. The van der Waals surface area contributed by atoms with Crippen molar-refractivity contribution in [1.29, 1.82) is 0 Å². The van der Waals surface area contributed by atoms with Gasteiger partial charge in [0.15, 0.2) is 6.29 Å². The van der Waals surface area contributed by atoms with Crippen molar-refractivity contribution in [1.82, 2.24) is 5.32 Å². The summed E-state index contributed by atoms with van der Waals surface area (Å²) >= 11 is 0. The summed E-state index contributed by atoms with van der Waals surface area (Å²) < 4.78 is 11.3.